The van der Waals surface area contributed by atoms with Crippen molar-refractivity contribution < 1.29 is 13.2 Å². The van der Waals surface area contributed by atoms with Crippen LogP contribution in [0.3, 0.4) is 0 Å². The number of rotatable bonds is 6. The van der Waals surface area contributed by atoms with Crippen molar-refractivity contribution in [1.82, 2.24) is 9.62 Å². The number of piperidine rings is 1. The zero-order valence-corrected chi connectivity index (χ0v) is 17.2. The third kappa shape index (κ3) is 5.11. The summed E-state index contributed by atoms with van der Waals surface area (Å²) in [6.07, 6.45) is 2.81. The van der Waals surface area contributed by atoms with Crippen molar-refractivity contribution in [3.63, 3.8) is 0 Å². The van der Waals surface area contributed by atoms with E-state index in [2.05, 4.69) is 5.32 Å². The van der Waals surface area contributed by atoms with Gasteiger partial charge in [-0.1, -0.05) is 55.0 Å². The van der Waals surface area contributed by atoms with Crippen LogP contribution < -0.4 is 11.1 Å². The van der Waals surface area contributed by atoms with E-state index in [9.17, 15) is 13.2 Å². The van der Waals surface area contributed by atoms with Gasteiger partial charge in [0.1, 0.15) is 6.04 Å². The Hall–Kier alpha value is -1.93. The highest BCUT2D eigenvalue weighted by Gasteiger charge is 2.28. The number of carbonyl (C=O) groups excluding carboxylic acids is 1. The molecule has 1 amide bonds. The Morgan fingerprint density at radius 1 is 1.00 bits per heavy atom. The SMILES string of the molecule is Cl.NC(C(=O)NCc1ccccc1S(=O)(=O)N1CCCCC1)c1ccccc1. The van der Waals surface area contributed by atoms with Crippen molar-refractivity contribution in [1.29, 1.82) is 0 Å². The Kier molecular flexibility index (Phi) is 8.00. The fourth-order valence-corrected chi connectivity index (χ4v) is 4.99. The molecule has 6 nitrogen and oxygen atoms in total. The van der Waals surface area contributed by atoms with Crippen LogP contribution in [0.25, 0.3) is 0 Å². The summed E-state index contributed by atoms with van der Waals surface area (Å²) in [5.74, 6) is -0.341. The van der Waals surface area contributed by atoms with Crippen LogP contribution in [0.1, 0.15) is 36.4 Å². The number of amides is 1. The smallest absolute Gasteiger partial charge is 0.243 e. The largest absolute Gasteiger partial charge is 0.350 e. The van der Waals surface area contributed by atoms with E-state index in [1.165, 1.54) is 4.31 Å². The number of hydrogen-bond donors (Lipinski definition) is 2. The zero-order valence-electron chi connectivity index (χ0n) is 15.6. The van der Waals surface area contributed by atoms with Crippen LogP contribution in [0, 0.1) is 0 Å². The van der Waals surface area contributed by atoms with E-state index in [1.807, 2.05) is 18.2 Å². The molecule has 3 N–H and O–H groups in total. The van der Waals surface area contributed by atoms with Gasteiger partial charge in [0.2, 0.25) is 15.9 Å². The Balaban J connectivity index is 0.00000280. The molecule has 1 aliphatic heterocycles. The molecule has 1 heterocycles. The molecular weight excluding hydrogens is 398 g/mol. The molecular formula is C20H26ClN3O3S. The van der Waals surface area contributed by atoms with Crippen molar-refractivity contribution in [2.45, 2.75) is 36.7 Å². The van der Waals surface area contributed by atoms with Crippen LogP contribution in [-0.4, -0.2) is 31.7 Å². The minimum atomic E-state index is -3.56. The minimum Gasteiger partial charge on any atom is -0.350 e. The topological polar surface area (TPSA) is 92.5 Å². The molecule has 1 fully saturated rings. The van der Waals surface area contributed by atoms with E-state index in [0.29, 0.717) is 24.2 Å². The van der Waals surface area contributed by atoms with Crippen molar-refractivity contribution in [3.05, 3.63) is 65.7 Å². The fraction of sp³-hybridized carbons (Fsp3) is 0.350. The van der Waals surface area contributed by atoms with Gasteiger partial charge in [-0.05, 0) is 30.0 Å². The number of sulfonamides is 1. The van der Waals surface area contributed by atoms with E-state index in [-0.39, 0.29) is 29.8 Å². The fourth-order valence-electron chi connectivity index (χ4n) is 3.25. The molecule has 152 valence electrons. The second-order valence-electron chi connectivity index (χ2n) is 6.68. The molecule has 1 aliphatic rings. The van der Waals surface area contributed by atoms with Crippen LogP contribution in [0.2, 0.25) is 0 Å². The van der Waals surface area contributed by atoms with Crippen LogP contribution in [0.15, 0.2) is 59.5 Å². The molecule has 0 aliphatic carbocycles. The van der Waals surface area contributed by atoms with Gasteiger partial charge in [-0.3, -0.25) is 4.79 Å². The van der Waals surface area contributed by atoms with Crippen molar-refractivity contribution in [3.8, 4) is 0 Å². The summed E-state index contributed by atoms with van der Waals surface area (Å²) in [5.41, 5.74) is 7.28. The molecule has 1 atom stereocenters. The summed E-state index contributed by atoms with van der Waals surface area (Å²) in [5, 5.41) is 2.77. The number of nitrogens with one attached hydrogen (secondary N) is 1. The van der Waals surface area contributed by atoms with Crippen molar-refractivity contribution >= 4 is 28.3 Å². The third-order valence-electron chi connectivity index (χ3n) is 4.80. The maximum Gasteiger partial charge on any atom is 0.243 e. The lowest BCUT2D eigenvalue weighted by Gasteiger charge is -2.27. The van der Waals surface area contributed by atoms with Crippen LogP contribution in [0.4, 0.5) is 0 Å². The monoisotopic (exact) mass is 423 g/mol. The molecule has 2 aromatic carbocycles. The number of carbonyl (C=O) groups is 1. The van der Waals surface area contributed by atoms with Crippen molar-refractivity contribution in [2.24, 2.45) is 5.73 Å². The molecule has 1 unspecified atom stereocenters. The highest BCUT2D eigenvalue weighted by atomic mass is 35.5. The van der Waals surface area contributed by atoms with Gasteiger partial charge in [-0.2, -0.15) is 4.31 Å². The lowest BCUT2D eigenvalue weighted by molar-refractivity contribution is -0.122. The van der Waals surface area contributed by atoms with Crippen LogP contribution in [-0.2, 0) is 21.4 Å². The molecule has 8 heteroatoms. The second kappa shape index (κ2) is 10.0. The average Bonchev–Trinajstić information content (AvgIpc) is 2.73. The van der Waals surface area contributed by atoms with Gasteiger partial charge >= 0.3 is 0 Å². The highest BCUT2D eigenvalue weighted by Crippen LogP contribution is 2.23. The molecule has 0 aromatic heterocycles. The van der Waals surface area contributed by atoms with Gasteiger partial charge in [-0.15, -0.1) is 12.4 Å². The predicted octanol–water partition coefficient (Wildman–Crippen LogP) is 2.60. The Labute approximate surface area is 172 Å². The molecule has 0 bridgehead atoms. The molecule has 28 heavy (non-hydrogen) atoms. The zero-order chi connectivity index (χ0) is 19.3. The van der Waals surface area contributed by atoms with E-state index in [0.717, 1.165) is 19.3 Å². The number of benzene rings is 2. The first-order valence-corrected chi connectivity index (χ1v) is 10.6. The lowest BCUT2D eigenvalue weighted by atomic mass is 10.1. The molecule has 3 rings (SSSR count). The van der Waals surface area contributed by atoms with Gasteiger partial charge in [-0.25, -0.2) is 8.42 Å². The summed E-state index contributed by atoms with van der Waals surface area (Å²) in [6, 6.07) is 15.1. The quantitative estimate of drug-likeness (QED) is 0.746. The normalized spacial score (nSPS) is 16.0. The van der Waals surface area contributed by atoms with Gasteiger partial charge in [0.05, 0.1) is 4.90 Å². The lowest BCUT2D eigenvalue weighted by Crippen LogP contribution is -2.37. The summed E-state index contributed by atoms with van der Waals surface area (Å²) < 4.78 is 27.5. The molecule has 0 spiro atoms. The summed E-state index contributed by atoms with van der Waals surface area (Å²) in [7, 11) is -3.56. The second-order valence-corrected chi connectivity index (χ2v) is 8.58. The van der Waals surface area contributed by atoms with E-state index in [4.69, 9.17) is 5.73 Å². The van der Waals surface area contributed by atoms with Gasteiger partial charge in [0.25, 0.3) is 0 Å². The highest BCUT2D eigenvalue weighted by molar-refractivity contribution is 7.89. The first-order chi connectivity index (χ1) is 13.0. The average molecular weight is 424 g/mol. The van der Waals surface area contributed by atoms with E-state index >= 15 is 0 Å². The van der Waals surface area contributed by atoms with Gasteiger partial charge < -0.3 is 11.1 Å². The predicted molar refractivity (Wildman–Crippen MR) is 112 cm³/mol. The first kappa shape index (κ1) is 22.4. The van der Waals surface area contributed by atoms with Crippen LogP contribution >= 0.6 is 12.4 Å². The number of hydrogen-bond acceptors (Lipinski definition) is 4. The first-order valence-electron chi connectivity index (χ1n) is 9.16. The maximum absolute atomic E-state index is 13.0. The molecule has 0 radical (unpaired) electrons. The third-order valence-corrected chi connectivity index (χ3v) is 6.80. The minimum absolute atomic E-state index is 0. The number of nitrogens with zero attached hydrogens (tertiary/aromatic N) is 1. The van der Waals surface area contributed by atoms with E-state index in [1.54, 1.807) is 36.4 Å². The van der Waals surface area contributed by atoms with Gasteiger partial charge in [0, 0.05) is 19.6 Å². The summed E-state index contributed by atoms with van der Waals surface area (Å²) in [4.78, 5) is 12.6. The number of nitrogens with two attached hydrogens (primary N) is 1. The van der Waals surface area contributed by atoms with E-state index < -0.39 is 16.1 Å². The standard InChI is InChI=1S/C20H25N3O3S.ClH/c21-19(16-9-3-1-4-10-16)20(24)22-15-17-11-5-6-12-18(17)27(25,26)23-13-7-2-8-14-23;/h1,3-6,9-12,19H,2,7-8,13-15,21H2,(H,22,24);1H. The maximum atomic E-state index is 13.0. The Bertz CT molecular complexity index is 885. The van der Waals surface area contributed by atoms with Gasteiger partial charge in [0.15, 0.2) is 0 Å². The number of halogens is 1. The van der Waals surface area contributed by atoms with Crippen LogP contribution in [0.5, 0.6) is 0 Å². The molecule has 2 aromatic rings. The summed E-state index contributed by atoms with van der Waals surface area (Å²) >= 11 is 0. The molecule has 0 saturated carbocycles. The molecule has 1 saturated heterocycles. The van der Waals surface area contributed by atoms with Crippen molar-refractivity contribution in [2.75, 3.05) is 13.1 Å². The summed E-state index contributed by atoms with van der Waals surface area (Å²) in [6.45, 7) is 1.20. The Morgan fingerprint density at radius 3 is 2.29 bits per heavy atom. The Morgan fingerprint density at radius 2 is 1.61 bits per heavy atom.